The number of nitrogens with zero attached hydrogens (tertiary/aromatic N) is 1. The molecule has 7 heteroatoms. The summed E-state index contributed by atoms with van der Waals surface area (Å²) in [6, 6.07) is 2.18. The van der Waals surface area contributed by atoms with Gasteiger partial charge >= 0.3 is 5.97 Å². The number of aromatic carboxylic acids is 1. The smallest absolute Gasteiger partial charge is 0.338 e. The van der Waals surface area contributed by atoms with Crippen LogP contribution in [0.4, 0.5) is 11.4 Å². The van der Waals surface area contributed by atoms with Gasteiger partial charge in [-0.1, -0.05) is 25.4 Å². The predicted molar refractivity (Wildman–Crippen MR) is 75.4 cm³/mol. The monoisotopic (exact) mass is 298 g/mol. The van der Waals surface area contributed by atoms with E-state index in [0.29, 0.717) is 12.5 Å². The molecule has 0 radical (unpaired) electrons. The van der Waals surface area contributed by atoms with Crippen LogP contribution in [0.1, 0.15) is 30.6 Å². The van der Waals surface area contributed by atoms with Crippen LogP contribution < -0.4 is 5.32 Å². The highest BCUT2D eigenvalue weighted by Gasteiger charge is 2.45. The lowest BCUT2D eigenvalue weighted by atomic mass is 10.1. The van der Waals surface area contributed by atoms with E-state index in [1.807, 2.05) is 0 Å². The number of carboxylic acids is 1. The molecule has 1 fully saturated rings. The van der Waals surface area contributed by atoms with Gasteiger partial charge in [-0.25, -0.2) is 4.79 Å². The zero-order chi connectivity index (χ0) is 15.1. The Bertz CT molecular complexity index is 586. The Morgan fingerprint density at radius 2 is 2.20 bits per heavy atom. The Morgan fingerprint density at radius 3 is 2.65 bits per heavy atom. The number of hydrogen-bond acceptors (Lipinski definition) is 4. The fourth-order valence-electron chi connectivity index (χ4n) is 2.20. The highest BCUT2D eigenvalue weighted by atomic mass is 35.5. The Labute approximate surface area is 120 Å². The number of nitro groups is 1. The summed E-state index contributed by atoms with van der Waals surface area (Å²) in [6.45, 7) is 4.87. The second kappa shape index (κ2) is 4.94. The SMILES string of the molecule is CC1(C)CC1CNc1c(Cl)cc([N+](=O)[O-])cc1C(=O)O. The molecule has 1 aromatic rings. The van der Waals surface area contributed by atoms with E-state index in [-0.39, 0.29) is 27.4 Å². The molecule has 1 aliphatic carbocycles. The van der Waals surface area contributed by atoms with Crippen molar-refractivity contribution in [3.05, 3.63) is 32.8 Å². The molecule has 1 aromatic carbocycles. The van der Waals surface area contributed by atoms with Crippen LogP contribution in [0.3, 0.4) is 0 Å². The van der Waals surface area contributed by atoms with Crippen molar-refractivity contribution in [2.75, 3.05) is 11.9 Å². The largest absolute Gasteiger partial charge is 0.478 e. The second-order valence-corrected chi connectivity index (χ2v) is 6.09. The number of nitrogens with one attached hydrogen (secondary N) is 1. The summed E-state index contributed by atoms with van der Waals surface area (Å²) >= 11 is 5.97. The quantitative estimate of drug-likeness (QED) is 0.642. The van der Waals surface area contributed by atoms with Crippen molar-refractivity contribution in [2.24, 2.45) is 11.3 Å². The molecule has 0 bridgehead atoms. The molecule has 0 amide bonds. The first-order valence-electron chi connectivity index (χ1n) is 6.17. The molecule has 20 heavy (non-hydrogen) atoms. The van der Waals surface area contributed by atoms with Gasteiger partial charge in [-0.3, -0.25) is 10.1 Å². The second-order valence-electron chi connectivity index (χ2n) is 5.68. The van der Waals surface area contributed by atoms with Crippen molar-refractivity contribution in [3.63, 3.8) is 0 Å². The lowest BCUT2D eigenvalue weighted by molar-refractivity contribution is -0.384. The van der Waals surface area contributed by atoms with Gasteiger partial charge < -0.3 is 10.4 Å². The zero-order valence-corrected chi connectivity index (χ0v) is 11.9. The van der Waals surface area contributed by atoms with Gasteiger partial charge in [0.05, 0.1) is 21.2 Å². The van der Waals surface area contributed by atoms with Crippen LogP contribution in [-0.2, 0) is 0 Å². The van der Waals surface area contributed by atoms with Crippen molar-refractivity contribution in [2.45, 2.75) is 20.3 Å². The average molecular weight is 299 g/mol. The summed E-state index contributed by atoms with van der Waals surface area (Å²) in [4.78, 5) is 21.3. The van der Waals surface area contributed by atoms with E-state index in [1.165, 1.54) is 0 Å². The van der Waals surface area contributed by atoms with Crippen LogP contribution in [0.25, 0.3) is 0 Å². The molecule has 1 aliphatic rings. The number of carbonyl (C=O) groups is 1. The van der Waals surface area contributed by atoms with Gasteiger partial charge in [0.25, 0.3) is 5.69 Å². The Morgan fingerprint density at radius 1 is 1.60 bits per heavy atom. The van der Waals surface area contributed by atoms with Gasteiger partial charge in [-0.2, -0.15) is 0 Å². The molecule has 2 rings (SSSR count). The summed E-state index contributed by atoms with van der Waals surface area (Å²) in [6.07, 6.45) is 1.06. The first kappa shape index (κ1) is 14.6. The molecule has 0 heterocycles. The number of rotatable bonds is 5. The average Bonchev–Trinajstić information content (AvgIpc) is 2.94. The Kier molecular flexibility index (Phi) is 3.60. The normalized spacial score (nSPS) is 19.4. The lowest BCUT2D eigenvalue weighted by Crippen LogP contribution is -2.12. The van der Waals surface area contributed by atoms with Gasteiger partial charge in [0, 0.05) is 18.7 Å². The summed E-state index contributed by atoms with van der Waals surface area (Å²) < 4.78 is 0. The van der Waals surface area contributed by atoms with E-state index >= 15 is 0 Å². The molecule has 0 saturated heterocycles. The summed E-state index contributed by atoms with van der Waals surface area (Å²) in [7, 11) is 0. The van der Waals surface area contributed by atoms with Crippen molar-refractivity contribution >= 4 is 28.9 Å². The maximum absolute atomic E-state index is 11.2. The molecule has 1 saturated carbocycles. The van der Waals surface area contributed by atoms with Crippen molar-refractivity contribution in [1.29, 1.82) is 0 Å². The standard InChI is InChI=1S/C13H15ClN2O4/c1-13(2)5-7(13)6-15-11-9(12(17)18)3-8(16(19)20)4-10(11)14/h3-4,7,15H,5-6H2,1-2H3,(H,17,18). The molecular weight excluding hydrogens is 284 g/mol. The van der Waals surface area contributed by atoms with E-state index in [1.54, 1.807) is 0 Å². The lowest BCUT2D eigenvalue weighted by Gasteiger charge is -2.12. The summed E-state index contributed by atoms with van der Waals surface area (Å²) in [5, 5.41) is 23.0. The van der Waals surface area contributed by atoms with Gasteiger partial charge in [0.1, 0.15) is 0 Å². The minimum absolute atomic E-state index is 0.0510. The summed E-state index contributed by atoms with van der Waals surface area (Å²) in [5.41, 5.74) is -0.0104. The fraction of sp³-hybridized carbons (Fsp3) is 0.462. The van der Waals surface area contributed by atoms with Crippen LogP contribution in [0, 0.1) is 21.4 Å². The fourth-order valence-corrected chi connectivity index (χ4v) is 2.48. The van der Waals surface area contributed by atoms with Crippen molar-refractivity contribution in [1.82, 2.24) is 0 Å². The van der Waals surface area contributed by atoms with Crippen LogP contribution in [-0.4, -0.2) is 22.5 Å². The topological polar surface area (TPSA) is 92.5 Å². The molecule has 2 N–H and O–H groups in total. The number of carboxylic acid groups (broad SMARTS) is 1. The third-order valence-electron chi connectivity index (χ3n) is 3.76. The van der Waals surface area contributed by atoms with Crippen LogP contribution >= 0.6 is 11.6 Å². The van der Waals surface area contributed by atoms with Crippen molar-refractivity contribution < 1.29 is 14.8 Å². The van der Waals surface area contributed by atoms with Crippen LogP contribution in [0.5, 0.6) is 0 Å². The third kappa shape index (κ3) is 2.85. The maximum atomic E-state index is 11.2. The van der Waals surface area contributed by atoms with E-state index in [9.17, 15) is 14.9 Å². The molecule has 1 unspecified atom stereocenters. The van der Waals surface area contributed by atoms with Crippen LogP contribution in [0.15, 0.2) is 12.1 Å². The molecule has 0 aromatic heterocycles. The van der Waals surface area contributed by atoms with E-state index in [2.05, 4.69) is 19.2 Å². The Hall–Kier alpha value is -1.82. The number of anilines is 1. The van der Waals surface area contributed by atoms with E-state index in [4.69, 9.17) is 16.7 Å². The van der Waals surface area contributed by atoms with Gasteiger partial charge in [-0.05, 0) is 17.8 Å². The molecule has 0 spiro atoms. The van der Waals surface area contributed by atoms with Crippen molar-refractivity contribution in [3.8, 4) is 0 Å². The summed E-state index contributed by atoms with van der Waals surface area (Å²) in [5.74, 6) is -0.788. The zero-order valence-electron chi connectivity index (χ0n) is 11.1. The maximum Gasteiger partial charge on any atom is 0.338 e. The number of hydrogen-bond donors (Lipinski definition) is 2. The molecule has 1 atom stereocenters. The van der Waals surface area contributed by atoms with E-state index < -0.39 is 10.9 Å². The Balaban J connectivity index is 2.27. The number of non-ortho nitro benzene ring substituents is 1. The molecule has 6 nitrogen and oxygen atoms in total. The minimum Gasteiger partial charge on any atom is -0.478 e. The van der Waals surface area contributed by atoms with E-state index in [0.717, 1.165) is 18.6 Å². The number of halogens is 1. The number of nitro benzene ring substituents is 1. The minimum atomic E-state index is -1.24. The molecular formula is C13H15ClN2O4. The third-order valence-corrected chi connectivity index (χ3v) is 4.06. The first-order valence-corrected chi connectivity index (χ1v) is 6.55. The van der Waals surface area contributed by atoms with Gasteiger partial charge in [-0.15, -0.1) is 0 Å². The molecule has 0 aliphatic heterocycles. The first-order chi connectivity index (χ1) is 9.22. The number of benzene rings is 1. The highest BCUT2D eigenvalue weighted by molar-refractivity contribution is 6.34. The van der Waals surface area contributed by atoms with Gasteiger partial charge in [0.15, 0.2) is 0 Å². The van der Waals surface area contributed by atoms with Crippen LogP contribution in [0.2, 0.25) is 5.02 Å². The molecule has 108 valence electrons. The highest BCUT2D eigenvalue weighted by Crippen LogP contribution is 2.51. The van der Waals surface area contributed by atoms with Gasteiger partial charge in [0.2, 0.25) is 0 Å². The predicted octanol–water partition coefficient (Wildman–Crippen LogP) is 3.40.